The molecule has 0 rings (SSSR count). The summed E-state index contributed by atoms with van der Waals surface area (Å²) < 4.78 is 0. The Labute approximate surface area is 94.5 Å². The maximum atomic E-state index is 2.22. The maximum Gasteiger partial charge on any atom is 0.0356 e. The Balaban J connectivity index is 3.97. The van der Waals surface area contributed by atoms with Crippen molar-refractivity contribution in [3.05, 3.63) is 48.2 Å². The van der Waals surface area contributed by atoms with E-state index in [1.807, 2.05) is 13.0 Å². The molecule has 15 heavy (non-hydrogen) atoms. The highest BCUT2D eigenvalue weighted by atomic mass is 15.1. The van der Waals surface area contributed by atoms with Crippen LogP contribution in [0.2, 0.25) is 0 Å². The summed E-state index contributed by atoms with van der Waals surface area (Å²) in [5.41, 5.74) is 1.28. The van der Waals surface area contributed by atoms with Crippen LogP contribution in [0.15, 0.2) is 48.2 Å². The molecule has 0 saturated carbocycles. The van der Waals surface area contributed by atoms with E-state index in [0.717, 1.165) is 13.0 Å². The van der Waals surface area contributed by atoms with E-state index in [-0.39, 0.29) is 0 Å². The molecule has 0 aliphatic heterocycles. The van der Waals surface area contributed by atoms with Crippen LogP contribution in [0.1, 0.15) is 27.2 Å². The Morgan fingerprint density at radius 2 is 1.80 bits per heavy atom. The highest BCUT2D eigenvalue weighted by molar-refractivity contribution is 5.10. The molecular weight excluding hydrogens is 182 g/mol. The summed E-state index contributed by atoms with van der Waals surface area (Å²) in [6.45, 7) is 7.24. The first-order valence-corrected chi connectivity index (χ1v) is 5.54. The van der Waals surface area contributed by atoms with Crippen molar-refractivity contribution in [1.82, 2.24) is 4.90 Å². The Hall–Kier alpha value is -1.24. The van der Waals surface area contributed by atoms with E-state index >= 15 is 0 Å². The van der Waals surface area contributed by atoms with Crippen LogP contribution in [0, 0.1) is 0 Å². The molecule has 84 valence electrons. The molecular formula is C14H23N. The fourth-order valence-electron chi connectivity index (χ4n) is 1.02. The second-order valence-corrected chi connectivity index (χ2v) is 3.48. The van der Waals surface area contributed by atoms with Gasteiger partial charge in [0.05, 0.1) is 0 Å². The second kappa shape index (κ2) is 9.32. The van der Waals surface area contributed by atoms with Gasteiger partial charge in [0.2, 0.25) is 0 Å². The Kier molecular flexibility index (Phi) is 8.55. The fourth-order valence-corrected chi connectivity index (χ4v) is 1.02. The van der Waals surface area contributed by atoms with Gasteiger partial charge in [-0.15, -0.1) is 0 Å². The van der Waals surface area contributed by atoms with Gasteiger partial charge in [-0.05, 0) is 26.3 Å². The number of rotatable bonds is 6. The molecule has 0 amide bonds. The van der Waals surface area contributed by atoms with Crippen molar-refractivity contribution in [2.75, 3.05) is 13.6 Å². The van der Waals surface area contributed by atoms with Crippen molar-refractivity contribution in [2.45, 2.75) is 27.2 Å². The lowest BCUT2D eigenvalue weighted by molar-refractivity contribution is 0.466. The largest absolute Gasteiger partial charge is 0.374 e. The van der Waals surface area contributed by atoms with E-state index in [2.05, 4.69) is 62.3 Å². The topological polar surface area (TPSA) is 3.24 Å². The first-order valence-electron chi connectivity index (χ1n) is 5.54. The summed E-state index contributed by atoms with van der Waals surface area (Å²) in [6.07, 6.45) is 15.8. The van der Waals surface area contributed by atoms with Crippen LogP contribution in [-0.2, 0) is 0 Å². The molecule has 0 aromatic carbocycles. The van der Waals surface area contributed by atoms with E-state index in [1.165, 1.54) is 5.70 Å². The molecule has 0 aliphatic carbocycles. The number of allylic oxidation sites excluding steroid dienone is 7. The second-order valence-electron chi connectivity index (χ2n) is 3.48. The van der Waals surface area contributed by atoms with Crippen LogP contribution < -0.4 is 0 Å². The lowest BCUT2D eigenvalue weighted by Crippen LogP contribution is -2.15. The molecule has 0 saturated heterocycles. The Morgan fingerprint density at radius 1 is 1.13 bits per heavy atom. The predicted octanol–water partition coefficient (Wildman–Crippen LogP) is 3.92. The van der Waals surface area contributed by atoms with Gasteiger partial charge < -0.3 is 4.90 Å². The third-order valence-electron chi connectivity index (χ3n) is 2.13. The highest BCUT2D eigenvalue weighted by Gasteiger charge is 1.92. The van der Waals surface area contributed by atoms with Gasteiger partial charge in [0.25, 0.3) is 0 Å². The number of likely N-dealkylation sites (N-methyl/N-ethyl adjacent to an activating group) is 1. The summed E-state index contributed by atoms with van der Waals surface area (Å²) in [4.78, 5) is 2.22. The lowest BCUT2D eigenvalue weighted by Gasteiger charge is -2.16. The maximum absolute atomic E-state index is 2.22. The molecule has 0 N–H and O–H groups in total. The van der Waals surface area contributed by atoms with Gasteiger partial charge in [-0.3, -0.25) is 0 Å². The zero-order valence-electron chi connectivity index (χ0n) is 10.4. The van der Waals surface area contributed by atoms with E-state index in [1.54, 1.807) is 0 Å². The first kappa shape index (κ1) is 13.8. The quantitative estimate of drug-likeness (QED) is 0.594. The van der Waals surface area contributed by atoms with Crippen LogP contribution in [0.25, 0.3) is 0 Å². The summed E-state index contributed by atoms with van der Waals surface area (Å²) in [5.74, 6) is 0. The Bertz CT molecular complexity index is 257. The van der Waals surface area contributed by atoms with Crippen LogP contribution in [-0.4, -0.2) is 18.5 Å². The van der Waals surface area contributed by atoms with Gasteiger partial charge in [-0.2, -0.15) is 0 Å². The van der Waals surface area contributed by atoms with E-state index in [4.69, 9.17) is 0 Å². The number of hydrogen-bond donors (Lipinski definition) is 0. The molecule has 0 bridgehead atoms. The highest BCUT2D eigenvalue weighted by Crippen LogP contribution is 2.00. The fraction of sp³-hybridized carbons (Fsp3) is 0.429. The number of nitrogens with zero attached hydrogens (tertiary/aromatic N) is 1. The van der Waals surface area contributed by atoms with Crippen molar-refractivity contribution < 1.29 is 0 Å². The minimum Gasteiger partial charge on any atom is -0.374 e. The van der Waals surface area contributed by atoms with Gasteiger partial charge >= 0.3 is 0 Å². The van der Waals surface area contributed by atoms with Crippen molar-refractivity contribution in [3.8, 4) is 0 Å². The molecule has 0 unspecified atom stereocenters. The SMILES string of the molecule is C/C=C\C=C(/C)N(C)C/C=C\C=C/CC. The van der Waals surface area contributed by atoms with E-state index in [9.17, 15) is 0 Å². The summed E-state index contributed by atoms with van der Waals surface area (Å²) >= 11 is 0. The molecule has 1 heteroatoms. The molecule has 0 aromatic heterocycles. The zero-order valence-corrected chi connectivity index (χ0v) is 10.4. The van der Waals surface area contributed by atoms with Crippen LogP contribution in [0.4, 0.5) is 0 Å². The van der Waals surface area contributed by atoms with Gasteiger partial charge in [0.15, 0.2) is 0 Å². The molecule has 0 radical (unpaired) electrons. The summed E-state index contributed by atoms with van der Waals surface area (Å²) in [6, 6.07) is 0. The Morgan fingerprint density at radius 3 is 2.40 bits per heavy atom. The average molecular weight is 205 g/mol. The van der Waals surface area contributed by atoms with Crippen molar-refractivity contribution >= 4 is 0 Å². The van der Waals surface area contributed by atoms with E-state index < -0.39 is 0 Å². The molecule has 0 spiro atoms. The van der Waals surface area contributed by atoms with Crippen LogP contribution in [0.5, 0.6) is 0 Å². The third-order valence-corrected chi connectivity index (χ3v) is 2.13. The average Bonchev–Trinajstić information content (AvgIpc) is 2.25. The lowest BCUT2D eigenvalue weighted by atomic mass is 10.3. The van der Waals surface area contributed by atoms with Gasteiger partial charge in [-0.25, -0.2) is 0 Å². The standard InChI is InChI=1S/C14H23N/c1-5-7-9-10-11-13-15(4)14(3)12-8-6-2/h6-12H,5,13H2,1-4H3/b8-6-,9-7-,11-10-,14-12+. The minimum atomic E-state index is 0.952. The van der Waals surface area contributed by atoms with Gasteiger partial charge in [0.1, 0.15) is 0 Å². The first-order chi connectivity index (χ1) is 7.22. The summed E-state index contributed by atoms with van der Waals surface area (Å²) in [7, 11) is 2.10. The molecule has 1 nitrogen and oxygen atoms in total. The monoisotopic (exact) mass is 205 g/mol. The molecule has 0 fully saturated rings. The smallest absolute Gasteiger partial charge is 0.0356 e. The normalized spacial score (nSPS) is 13.5. The molecule has 0 aliphatic rings. The van der Waals surface area contributed by atoms with Crippen molar-refractivity contribution in [2.24, 2.45) is 0 Å². The third kappa shape index (κ3) is 7.80. The number of hydrogen-bond acceptors (Lipinski definition) is 1. The van der Waals surface area contributed by atoms with Crippen LogP contribution in [0.3, 0.4) is 0 Å². The molecule has 0 atom stereocenters. The minimum absolute atomic E-state index is 0.952. The van der Waals surface area contributed by atoms with Gasteiger partial charge in [0, 0.05) is 19.3 Å². The van der Waals surface area contributed by atoms with Crippen molar-refractivity contribution in [1.29, 1.82) is 0 Å². The van der Waals surface area contributed by atoms with Crippen LogP contribution >= 0.6 is 0 Å². The molecule has 0 heterocycles. The predicted molar refractivity (Wildman–Crippen MR) is 69.8 cm³/mol. The summed E-state index contributed by atoms with van der Waals surface area (Å²) in [5, 5.41) is 0. The molecule has 0 aromatic rings. The zero-order chi connectivity index (χ0) is 11.5. The van der Waals surface area contributed by atoms with Gasteiger partial charge in [-0.1, -0.05) is 43.4 Å². The van der Waals surface area contributed by atoms with E-state index in [0.29, 0.717) is 0 Å². The van der Waals surface area contributed by atoms with Crippen molar-refractivity contribution in [3.63, 3.8) is 0 Å².